The minimum Gasteiger partial charge on any atom is -0.385 e. The van der Waals surface area contributed by atoms with E-state index >= 15 is 0 Å². The fourth-order valence-electron chi connectivity index (χ4n) is 1.88. The van der Waals surface area contributed by atoms with Crippen LogP contribution in [0.15, 0.2) is 40.6 Å². The zero-order chi connectivity index (χ0) is 17.4. The smallest absolute Gasteiger partial charge is 0.263 e. The van der Waals surface area contributed by atoms with Crippen LogP contribution in [-0.2, 0) is 26.0 Å². The zero-order valence-electron chi connectivity index (χ0n) is 13.2. The summed E-state index contributed by atoms with van der Waals surface area (Å²) in [6.07, 6.45) is 0.845. The predicted octanol–water partition coefficient (Wildman–Crippen LogP) is 1.64. The summed E-state index contributed by atoms with van der Waals surface area (Å²) in [5.74, 6) is -0.158. The minimum atomic E-state index is -3.67. The summed E-state index contributed by atoms with van der Waals surface area (Å²) in [5, 5.41) is 4.66. The largest absolute Gasteiger partial charge is 0.385 e. The van der Waals surface area contributed by atoms with Gasteiger partial charge in [-0.25, -0.2) is 13.4 Å². The van der Waals surface area contributed by atoms with Crippen LogP contribution in [0, 0.1) is 0 Å². The third-order valence-corrected chi connectivity index (χ3v) is 5.31. The van der Waals surface area contributed by atoms with Gasteiger partial charge in [0.2, 0.25) is 5.91 Å². The fraction of sp³-hybridized carbons (Fsp3) is 0.333. The number of ether oxygens (including phenoxy) is 1. The van der Waals surface area contributed by atoms with E-state index < -0.39 is 10.0 Å². The third-order valence-electron chi connectivity index (χ3n) is 3.02. The summed E-state index contributed by atoms with van der Waals surface area (Å²) in [4.78, 5) is 16.1. The van der Waals surface area contributed by atoms with Crippen molar-refractivity contribution in [2.24, 2.45) is 0 Å². The molecular formula is C15H19N3O4S2. The lowest BCUT2D eigenvalue weighted by atomic mass is 10.3. The first-order valence-corrected chi connectivity index (χ1v) is 9.65. The standard InChI is InChI=1S/C15H19N3O4S2/c1-22-9-5-8-16-14(19)10-12-11-23-15(17-12)18-24(20,21)13-6-3-2-4-7-13/h2-4,6-7,11H,5,8-10H2,1H3,(H,16,19)(H,17,18). The molecule has 0 unspecified atom stereocenters. The summed E-state index contributed by atoms with van der Waals surface area (Å²) in [6.45, 7) is 1.12. The highest BCUT2D eigenvalue weighted by molar-refractivity contribution is 7.93. The van der Waals surface area contributed by atoms with Crippen LogP contribution in [-0.4, -0.2) is 39.6 Å². The van der Waals surface area contributed by atoms with Crippen molar-refractivity contribution in [2.75, 3.05) is 25.0 Å². The Kier molecular flexibility index (Phi) is 6.71. The number of benzene rings is 1. The van der Waals surface area contributed by atoms with Crippen molar-refractivity contribution in [3.8, 4) is 0 Å². The molecule has 0 radical (unpaired) electrons. The maximum absolute atomic E-state index is 12.2. The van der Waals surface area contributed by atoms with Crippen molar-refractivity contribution in [2.45, 2.75) is 17.7 Å². The van der Waals surface area contributed by atoms with E-state index in [1.807, 2.05) is 0 Å². The van der Waals surface area contributed by atoms with Gasteiger partial charge in [0.25, 0.3) is 10.0 Å². The van der Waals surface area contributed by atoms with E-state index in [2.05, 4.69) is 15.0 Å². The van der Waals surface area contributed by atoms with Crippen molar-refractivity contribution in [1.82, 2.24) is 10.3 Å². The SMILES string of the molecule is COCCCNC(=O)Cc1csc(NS(=O)(=O)c2ccccc2)n1. The molecule has 0 saturated heterocycles. The van der Waals surface area contributed by atoms with Gasteiger partial charge in [0, 0.05) is 25.6 Å². The first-order valence-electron chi connectivity index (χ1n) is 7.29. The van der Waals surface area contributed by atoms with Gasteiger partial charge in [-0.3, -0.25) is 9.52 Å². The van der Waals surface area contributed by atoms with E-state index in [9.17, 15) is 13.2 Å². The molecule has 0 saturated carbocycles. The summed E-state index contributed by atoms with van der Waals surface area (Å²) in [6, 6.07) is 8.05. The van der Waals surface area contributed by atoms with Crippen molar-refractivity contribution in [3.05, 3.63) is 41.4 Å². The Bertz CT molecular complexity index is 760. The fourth-order valence-corrected chi connectivity index (χ4v) is 3.86. The average Bonchev–Trinajstić information content (AvgIpc) is 2.98. The van der Waals surface area contributed by atoms with Crippen LogP contribution in [0.25, 0.3) is 0 Å². The molecule has 1 heterocycles. The Hall–Kier alpha value is -1.97. The van der Waals surface area contributed by atoms with Crippen molar-refractivity contribution in [3.63, 3.8) is 0 Å². The molecule has 0 spiro atoms. The van der Waals surface area contributed by atoms with E-state index in [1.54, 1.807) is 30.7 Å². The molecule has 0 aliphatic rings. The summed E-state index contributed by atoms with van der Waals surface area (Å²) in [5.41, 5.74) is 0.523. The summed E-state index contributed by atoms with van der Waals surface area (Å²) < 4.78 is 31.7. The Morgan fingerprint density at radius 3 is 2.75 bits per heavy atom. The van der Waals surface area contributed by atoms with Crippen molar-refractivity contribution < 1.29 is 17.9 Å². The highest BCUT2D eigenvalue weighted by Crippen LogP contribution is 2.20. The van der Waals surface area contributed by atoms with Crippen molar-refractivity contribution in [1.29, 1.82) is 0 Å². The molecule has 0 atom stereocenters. The monoisotopic (exact) mass is 369 g/mol. The van der Waals surface area contributed by atoms with Gasteiger partial charge in [-0.15, -0.1) is 11.3 Å². The van der Waals surface area contributed by atoms with Gasteiger partial charge in [-0.05, 0) is 18.6 Å². The van der Waals surface area contributed by atoms with E-state index in [1.165, 1.54) is 12.1 Å². The topological polar surface area (TPSA) is 97.4 Å². The highest BCUT2D eigenvalue weighted by atomic mass is 32.2. The Labute approximate surface area is 145 Å². The number of anilines is 1. The first kappa shape index (κ1) is 18.4. The number of nitrogens with one attached hydrogen (secondary N) is 2. The molecule has 0 aliphatic heterocycles. The molecule has 0 bridgehead atoms. The summed E-state index contributed by atoms with van der Waals surface area (Å²) in [7, 11) is -2.06. The molecule has 1 aromatic carbocycles. The molecule has 2 aromatic rings. The second kappa shape index (κ2) is 8.76. The van der Waals surface area contributed by atoms with E-state index in [0.29, 0.717) is 18.8 Å². The van der Waals surface area contributed by atoms with Crippen molar-refractivity contribution >= 4 is 32.4 Å². The van der Waals surface area contributed by atoms with Crippen LogP contribution in [0.2, 0.25) is 0 Å². The number of amides is 1. The average molecular weight is 369 g/mol. The molecule has 2 N–H and O–H groups in total. The second-order valence-corrected chi connectivity index (χ2v) is 7.48. The first-order chi connectivity index (χ1) is 11.5. The Balaban J connectivity index is 1.90. The van der Waals surface area contributed by atoms with Gasteiger partial charge in [-0.2, -0.15) is 0 Å². The number of thiazole rings is 1. The number of hydrogen-bond acceptors (Lipinski definition) is 6. The number of hydrogen-bond donors (Lipinski definition) is 2. The Morgan fingerprint density at radius 1 is 1.29 bits per heavy atom. The predicted molar refractivity (Wildman–Crippen MR) is 92.6 cm³/mol. The van der Waals surface area contributed by atoms with Gasteiger partial charge in [-0.1, -0.05) is 18.2 Å². The minimum absolute atomic E-state index is 0.108. The lowest BCUT2D eigenvalue weighted by Gasteiger charge is -2.04. The number of carbonyl (C=O) groups is 1. The quantitative estimate of drug-likeness (QED) is 0.655. The molecule has 1 amide bonds. The number of methoxy groups -OCH3 is 1. The van der Waals surface area contributed by atoms with Crippen LogP contribution in [0.3, 0.4) is 0 Å². The van der Waals surface area contributed by atoms with Gasteiger partial charge < -0.3 is 10.1 Å². The number of sulfonamides is 1. The number of rotatable bonds is 9. The molecule has 0 fully saturated rings. The Morgan fingerprint density at radius 2 is 2.04 bits per heavy atom. The molecule has 9 heteroatoms. The maximum Gasteiger partial charge on any atom is 0.263 e. The van der Waals surface area contributed by atoms with Crippen LogP contribution >= 0.6 is 11.3 Å². The molecule has 24 heavy (non-hydrogen) atoms. The van der Waals surface area contributed by atoms with Gasteiger partial charge >= 0.3 is 0 Å². The number of carbonyl (C=O) groups excluding carboxylic acids is 1. The maximum atomic E-state index is 12.2. The van der Waals surface area contributed by atoms with Gasteiger partial charge in [0.15, 0.2) is 5.13 Å². The molecule has 7 nitrogen and oxygen atoms in total. The molecule has 2 rings (SSSR count). The zero-order valence-corrected chi connectivity index (χ0v) is 14.8. The summed E-state index contributed by atoms with van der Waals surface area (Å²) >= 11 is 1.14. The van der Waals surface area contributed by atoms with E-state index in [4.69, 9.17) is 4.74 Å². The van der Waals surface area contributed by atoms with Crippen LogP contribution in [0.5, 0.6) is 0 Å². The third kappa shape index (κ3) is 5.59. The van der Waals surface area contributed by atoms with Crippen LogP contribution < -0.4 is 10.0 Å². The number of nitrogens with zero attached hydrogens (tertiary/aromatic N) is 1. The second-order valence-electron chi connectivity index (χ2n) is 4.94. The van der Waals surface area contributed by atoms with Crippen LogP contribution in [0.1, 0.15) is 12.1 Å². The van der Waals surface area contributed by atoms with E-state index in [0.717, 1.165) is 17.8 Å². The molecule has 130 valence electrons. The highest BCUT2D eigenvalue weighted by Gasteiger charge is 2.16. The number of aromatic nitrogens is 1. The van der Waals surface area contributed by atoms with Gasteiger partial charge in [0.1, 0.15) is 0 Å². The van der Waals surface area contributed by atoms with E-state index in [-0.39, 0.29) is 22.4 Å². The molecule has 1 aromatic heterocycles. The lowest BCUT2D eigenvalue weighted by Crippen LogP contribution is -2.26. The lowest BCUT2D eigenvalue weighted by molar-refractivity contribution is -0.120. The van der Waals surface area contributed by atoms with Crippen LogP contribution in [0.4, 0.5) is 5.13 Å². The van der Waals surface area contributed by atoms with Gasteiger partial charge in [0.05, 0.1) is 17.0 Å². The normalized spacial score (nSPS) is 11.2. The molecular weight excluding hydrogens is 350 g/mol. The molecule has 0 aliphatic carbocycles.